The molecule has 1 fully saturated rings. The Kier molecular flexibility index (Phi) is 5.57. The maximum Gasteiger partial charge on any atom is 0.333 e. The summed E-state index contributed by atoms with van der Waals surface area (Å²) in [5, 5.41) is 5.03. The van der Waals surface area contributed by atoms with E-state index in [1.165, 1.54) is 12.8 Å². The van der Waals surface area contributed by atoms with Crippen molar-refractivity contribution in [3.05, 3.63) is 61.1 Å². The highest BCUT2D eigenvalue weighted by Crippen LogP contribution is 2.23. The molecule has 0 saturated heterocycles. The maximum absolute atomic E-state index is 12.5. The molecule has 0 aliphatic heterocycles. The molecule has 1 radical (unpaired) electrons. The fraction of sp³-hybridized carbons (Fsp3) is 0.400. The summed E-state index contributed by atoms with van der Waals surface area (Å²) < 4.78 is 0. The smallest absolute Gasteiger partial charge is 0.333 e. The molecular weight excluding hydrogens is 298 g/mol. The number of hydrogen-bond donors (Lipinski definition) is 2. The van der Waals surface area contributed by atoms with E-state index in [9.17, 15) is 4.79 Å². The highest BCUT2D eigenvalue weighted by Gasteiger charge is 2.23. The van der Waals surface area contributed by atoms with Gasteiger partial charge in [0.2, 0.25) is 0 Å². The average Bonchev–Trinajstić information content (AvgIpc) is 2.63. The van der Waals surface area contributed by atoms with E-state index in [-0.39, 0.29) is 21.0 Å². The molecule has 2 aliphatic rings. The first-order valence-corrected chi connectivity index (χ1v) is 8.82. The van der Waals surface area contributed by atoms with E-state index in [4.69, 9.17) is 0 Å². The number of amides is 2. The van der Waals surface area contributed by atoms with Gasteiger partial charge >= 0.3 is 6.03 Å². The van der Waals surface area contributed by atoms with Crippen LogP contribution in [0.25, 0.3) is 0 Å². The Hall–Kier alpha value is -2.23. The number of urea groups is 1. The van der Waals surface area contributed by atoms with Crippen LogP contribution in [0, 0.1) is 12.3 Å². The highest BCUT2D eigenvalue weighted by molar-refractivity contribution is 5.76. The van der Waals surface area contributed by atoms with Gasteiger partial charge in [0.1, 0.15) is 0 Å². The number of para-hydroxylation sites is 1. The third-order valence-corrected chi connectivity index (χ3v) is 4.74. The molecule has 0 bridgehead atoms. The van der Waals surface area contributed by atoms with Gasteiger partial charge in [-0.2, -0.15) is 0 Å². The van der Waals surface area contributed by atoms with Gasteiger partial charge in [0.25, 0.3) is 0 Å². The lowest BCUT2D eigenvalue weighted by molar-refractivity contribution is 0.227. The number of carbonyl (C=O) groups excluding carboxylic acids is 1. The number of carbonyl (C=O) groups is 1. The third kappa shape index (κ3) is 4.40. The van der Waals surface area contributed by atoms with Crippen molar-refractivity contribution in [1.29, 1.82) is 0 Å². The first kappa shape index (κ1) is 16.6. The first-order chi connectivity index (χ1) is 11.7. The molecular formula is C20H30N3O. The van der Waals surface area contributed by atoms with Crippen molar-refractivity contribution < 1.29 is 7.65 Å². The zero-order valence-corrected chi connectivity index (χ0v) is 14.2. The number of allylic oxidation sites excluding steroid dienone is 2. The first-order valence-electron chi connectivity index (χ1n) is 8.82. The molecule has 0 spiro atoms. The molecule has 1 aromatic rings. The van der Waals surface area contributed by atoms with Crippen LogP contribution in [0.5, 0.6) is 0 Å². The molecule has 24 heavy (non-hydrogen) atoms. The number of hydrazine groups is 1. The lowest BCUT2D eigenvalue weighted by atomic mass is 9.87. The predicted molar refractivity (Wildman–Crippen MR) is 103 cm³/mol. The van der Waals surface area contributed by atoms with Crippen molar-refractivity contribution in [3.8, 4) is 0 Å². The van der Waals surface area contributed by atoms with Crippen molar-refractivity contribution in [2.75, 3.05) is 5.01 Å². The second-order valence-electron chi connectivity index (χ2n) is 6.70. The Bertz CT molecular complexity index is 598. The molecule has 131 valence electrons. The van der Waals surface area contributed by atoms with Gasteiger partial charge < -0.3 is 5.32 Å². The van der Waals surface area contributed by atoms with Gasteiger partial charge in [0.05, 0.1) is 11.7 Å². The molecule has 3 rings (SSSR count). The molecule has 1 unspecified atom stereocenters. The summed E-state index contributed by atoms with van der Waals surface area (Å²) in [5.41, 5.74) is 3.99. The van der Waals surface area contributed by atoms with Gasteiger partial charge in [0.15, 0.2) is 0 Å². The zero-order chi connectivity index (χ0) is 16.8. The van der Waals surface area contributed by atoms with Gasteiger partial charge in [-0.1, -0.05) is 49.4 Å². The summed E-state index contributed by atoms with van der Waals surface area (Å²) in [6, 6.07) is 10.1. The Labute approximate surface area is 147 Å². The summed E-state index contributed by atoms with van der Waals surface area (Å²) >= 11 is 0. The molecule has 2 aliphatic carbocycles. The van der Waals surface area contributed by atoms with Crippen LogP contribution in [-0.2, 0) is 0 Å². The molecule has 4 heteroatoms. The number of rotatable bonds is 4. The van der Waals surface area contributed by atoms with E-state index in [1.807, 2.05) is 53.6 Å². The van der Waals surface area contributed by atoms with Gasteiger partial charge in [-0.05, 0) is 43.7 Å². The van der Waals surface area contributed by atoms with Crippen LogP contribution in [0.3, 0.4) is 0 Å². The number of nitrogens with one attached hydrogen (secondary N) is 2. The second kappa shape index (κ2) is 8.04. The summed E-state index contributed by atoms with van der Waals surface area (Å²) in [6.07, 6.45) is 14.6. The molecule has 1 atom stereocenters. The summed E-state index contributed by atoms with van der Waals surface area (Å²) in [6.45, 7) is 2.28. The largest absolute Gasteiger partial charge is 0.334 e. The van der Waals surface area contributed by atoms with Gasteiger partial charge in [0, 0.05) is 15.3 Å². The Morgan fingerprint density at radius 1 is 1.08 bits per heavy atom. The average molecular weight is 328 g/mol. The number of anilines is 1. The number of nitrogens with zero attached hydrogens (tertiary/aromatic N) is 1. The van der Waals surface area contributed by atoms with Crippen molar-refractivity contribution in [1.82, 2.24) is 10.7 Å². The predicted octanol–water partition coefficient (Wildman–Crippen LogP) is 4.48. The summed E-state index contributed by atoms with van der Waals surface area (Å²) in [7, 11) is 0. The Balaban J connectivity index is 0.00000169. The minimum Gasteiger partial charge on any atom is -0.334 e. The lowest BCUT2D eigenvalue weighted by Crippen LogP contribution is -2.54. The quantitative estimate of drug-likeness (QED) is 0.801. The summed E-state index contributed by atoms with van der Waals surface area (Å²) in [5.74, 6) is 0.778. The monoisotopic (exact) mass is 328 g/mol. The van der Waals surface area contributed by atoms with E-state index in [0.717, 1.165) is 24.4 Å². The second-order valence-corrected chi connectivity index (χ2v) is 6.70. The molecule has 2 N–H and O–H groups in total. The van der Waals surface area contributed by atoms with Crippen molar-refractivity contribution >= 4 is 11.7 Å². The van der Waals surface area contributed by atoms with Crippen LogP contribution in [-0.4, -0.2) is 18.1 Å². The van der Waals surface area contributed by atoms with Crippen LogP contribution >= 0.6 is 0 Å². The molecule has 0 heterocycles. The van der Waals surface area contributed by atoms with E-state index in [2.05, 4.69) is 30.2 Å². The number of hydrogen-bond acceptors (Lipinski definition) is 2. The lowest BCUT2D eigenvalue weighted by Gasteiger charge is -2.33. The number of benzene rings is 1. The van der Waals surface area contributed by atoms with Crippen LogP contribution in [0.4, 0.5) is 10.5 Å². The Morgan fingerprint density at radius 2 is 1.83 bits per heavy atom. The van der Waals surface area contributed by atoms with Crippen molar-refractivity contribution in [2.45, 2.75) is 44.7 Å². The van der Waals surface area contributed by atoms with E-state index in [1.54, 1.807) is 0 Å². The van der Waals surface area contributed by atoms with Crippen LogP contribution in [0.2, 0.25) is 0 Å². The topological polar surface area (TPSA) is 44.4 Å². The van der Waals surface area contributed by atoms with Crippen LogP contribution in [0.15, 0.2) is 54.6 Å². The SMILES string of the molecule is CC1CCC(NC(=O)NN(c2ccccc2)C2[CH]C=CC=C2)CC1.[HH].[HH]. The maximum atomic E-state index is 12.5. The third-order valence-electron chi connectivity index (χ3n) is 4.74. The van der Waals surface area contributed by atoms with Crippen LogP contribution in [0.1, 0.15) is 35.5 Å². The fourth-order valence-electron chi connectivity index (χ4n) is 3.29. The molecule has 1 aromatic carbocycles. The van der Waals surface area contributed by atoms with Gasteiger partial charge in [-0.25, -0.2) is 10.2 Å². The summed E-state index contributed by atoms with van der Waals surface area (Å²) in [4.78, 5) is 12.5. The van der Waals surface area contributed by atoms with Crippen molar-refractivity contribution in [3.63, 3.8) is 0 Å². The standard InChI is InChI=1S/C20H26N3O.2H2/c1-16-12-14-17(15-13-16)21-20(24)22-23(18-8-4-2-5-9-18)19-10-6-3-7-11-19;;/h2-11,16-18H,12-15H2,1H3,(H2,21,22,24);2*1H. The van der Waals surface area contributed by atoms with Gasteiger partial charge in [-0.3, -0.25) is 5.01 Å². The van der Waals surface area contributed by atoms with Crippen LogP contribution < -0.4 is 15.8 Å². The zero-order valence-electron chi connectivity index (χ0n) is 14.2. The molecule has 2 amide bonds. The fourth-order valence-corrected chi connectivity index (χ4v) is 3.29. The van der Waals surface area contributed by atoms with E-state index >= 15 is 0 Å². The Morgan fingerprint density at radius 3 is 2.50 bits per heavy atom. The normalized spacial score (nSPS) is 26.0. The van der Waals surface area contributed by atoms with Crippen molar-refractivity contribution in [2.24, 2.45) is 5.92 Å². The molecule has 1 saturated carbocycles. The molecule has 4 nitrogen and oxygen atoms in total. The van der Waals surface area contributed by atoms with E-state index in [0.29, 0.717) is 0 Å². The highest BCUT2D eigenvalue weighted by atomic mass is 16.2. The minimum atomic E-state index is -0.130. The molecule has 0 aromatic heterocycles. The van der Waals surface area contributed by atoms with E-state index < -0.39 is 0 Å². The van der Waals surface area contributed by atoms with Gasteiger partial charge in [-0.15, -0.1) is 0 Å². The minimum absolute atomic E-state index is 0.